The van der Waals surface area contributed by atoms with Gasteiger partial charge in [0.1, 0.15) is 5.75 Å². The minimum atomic E-state index is -0.0230. The van der Waals surface area contributed by atoms with Gasteiger partial charge >= 0.3 is 0 Å². The number of hydrogen-bond donors (Lipinski definition) is 1. The molecule has 0 unspecified atom stereocenters. The zero-order chi connectivity index (χ0) is 26.5. The number of hydrogen-bond acceptors (Lipinski definition) is 3. The van der Waals surface area contributed by atoms with E-state index >= 15 is 0 Å². The molecule has 4 aliphatic rings. The highest BCUT2D eigenvalue weighted by atomic mass is 16.5. The van der Waals surface area contributed by atoms with E-state index in [0.29, 0.717) is 17.9 Å². The van der Waals surface area contributed by atoms with Gasteiger partial charge in [-0.15, -0.1) is 0 Å². The highest BCUT2D eigenvalue weighted by Gasteiger charge is 2.49. The number of carbonyl (C=O) groups is 1. The Morgan fingerprint density at radius 1 is 1.03 bits per heavy atom. The van der Waals surface area contributed by atoms with Gasteiger partial charge in [-0.2, -0.15) is 0 Å². The molecule has 3 fully saturated rings. The van der Waals surface area contributed by atoms with Crippen molar-refractivity contribution < 1.29 is 14.3 Å². The molecule has 206 valence electrons. The molecule has 5 nitrogen and oxygen atoms in total. The van der Waals surface area contributed by atoms with E-state index in [1.54, 1.807) is 0 Å². The van der Waals surface area contributed by atoms with Crippen LogP contribution >= 0.6 is 0 Å². The topological polar surface area (TPSA) is 52.5 Å². The molecule has 1 N–H and O–H groups in total. The number of nitrogens with one attached hydrogen (secondary N) is 1. The number of amides is 1. The molecular weight excluding hydrogens is 472 g/mol. The Morgan fingerprint density at radius 3 is 2.50 bits per heavy atom. The molecule has 5 heteroatoms. The van der Waals surface area contributed by atoms with Crippen LogP contribution in [0.5, 0.6) is 5.75 Å². The molecule has 2 aromatic rings. The van der Waals surface area contributed by atoms with Crippen molar-refractivity contribution in [3.8, 4) is 17.0 Å². The summed E-state index contributed by atoms with van der Waals surface area (Å²) in [5.41, 5.74) is 7.28. The van der Waals surface area contributed by atoms with E-state index in [4.69, 9.17) is 9.47 Å². The zero-order valence-electron chi connectivity index (χ0n) is 24.0. The standard InChI is InChI=1S/C33H46N2O3/c1-22-26(31(36)34-20-25-11-8-15-37-25)19-29(35(22)21-23-9-6-5-7-10-23)24-17-27(32(2,3)4)30-28(18-24)33(12-13-33)14-16-38-30/h17-19,23,25H,5-16,20-21H2,1-4H3,(H,34,36)/t25-/m0/s1. The van der Waals surface area contributed by atoms with E-state index in [2.05, 4.69) is 55.8 Å². The minimum Gasteiger partial charge on any atom is -0.493 e. The SMILES string of the molecule is Cc1c(C(=O)NC[C@@H]2CCCO2)cc(-c2cc(C(C)(C)C)c3c(c2)C2(CCO3)CC2)n1CC1CCCCC1. The summed E-state index contributed by atoms with van der Waals surface area (Å²) in [6.07, 6.45) is 12.5. The van der Waals surface area contributed by atoms with Crippen LogP contribution < -0.4 is 10.1 Å². The van der Waals surface area contributed by atoms with Crippen molar-refractivity contribution >= 4 is 5.91 Å². The van der Waals surface area contributed by atoms with E-state index < -0.39 is 0 Å². The summed E-state index contributed by atoms with van der Waals surface area (Å²) in [5.74, 6) is 1.83. The Balaban J connectivity index is 1.42. The molecule has 2 aliphatic heterocycles. The van der Waals surface area contributed by atoms with E-state index in [-0.39, 0.29) is 17.4 Å². The molecule has 1 amide bonds. The van der Waals surface area contributed by atoms with Crippen LogP contribution in [0.2, 0.25) is 0 Å². The highest BCUT2D eigenvalue weighted by Crippen LogP contribution is 2.58. The molecule has 0 bridgehead atoms. The molecule has 6 rings (SSSR count). The largest absolute Gasteiger partial charge is 0.493 e. The lowest BCUT2D eigenvalue weighted by Gasteiger charge is -2.33. The van der Waals surface area contributed by atoms with Crippen LogP contribution in [0, 0.1) is 12.8 Å². The average Bonchev–Trinajstić information content (AvgIpc) is 3.32. The van der Waals surface area contributed by atoms with Crippen LogP contribution in [0.25, 0.3) is 11.3 Å². The summed E-state index contributed by atoms with van der Waals surface area (Å²) in [6.45, 7) is 12.2. The van der Waals surface area contributed by atoms with Crippen molar-refractivity contribution in [2.45, 2.75) is 115 Å². The van der Waals surface area contributed by atoms with Crippen molar-refractivity contribution in [3.63, 3.8) is 0 Å². The van der Waals surface area contributed by atoms with Gasteiger partial charge in [-0.1, -0.05) is 40.0 Å². The zero-order valence-corrected chi connectivity index (χ0v) is 24.0. The molecule has 2 saturated carbocycles. The Hall–Kier alpha value is -2.27. The average molecular weight is 519 g/mol. The first kappa shape index (κ1) is 26.0. The Labute approximate surface area is 228 Å². The third kappa shape index (κ3) is 4.92. The minimum absolute atomic E-state index is 0.0230. The van der Waals surface area contributed by atoms with Crippen molar-refractivity contribution in [2.75, 3.05) is 19.8 Å². The van der Waals surface area contributed by atoms with E-state index in [0.717, 1.165) is 56.0 Å². The Morgan fingerprint density at radius 2 is 1.82 bits per heavy atom. The maximum atomic E-state index is 13.5. The molecule has 1 atom stereocenters. The lowest BCUT2D eigenvalue weighted by molar-refractivity contribution is 0.0857. The normalized spacial score (nSPS) is 22.8. The van der Waals surface area contributed by atoms with Crippen molar-refractivity contribution in [2.24, 2.45) is 5.92 Å². The second-order valence-electron chi connectivity index (χ2n) is 13.5. The molecule has 1 aromatic heterocycles. The number of aromatic nitrogens is 1. The highest BCUT2D eigenvalue weighted by molar-refractivity contribution is 5.97. The van der Waals surface area contributed by atoms with Gasteiger partial charge in [0.15, 0.2) is 0 Å². The van der Waals surface area contributed by atoms with Gasteiger partial charge in [-0.3, -0.25) is 4.79 Å². The summed E-state index contributed by atoms with van der Waals surface area (Å²) in [4.78, 5) is 13.5. The maximum Gasteiger partial charge on any atom is 0.253 e. The monoisotopic (exact) mass is 518 g/mol. The van der Waals surface area contributed by atoms with Crippen LogP contribution in [0.4, 0.5) is 0 Å². The van der Waals surface area contributed by atoms with Crippen LogP contribution in [0.1, 0.15) is 112 Å². The number of benzene rings is 1. The van der Waals surface area contributed by atoms with Gasteiger partial charge < -0.3 is 19.4 Å². The van der Waals surface area contributed by atoms with Gasteiger partial charge in [0.2, 0.25) is 0 Å². The molecule has 38 heavy (non-hydrogen) atoms. The molecular formula is C33H46N2O3. The smallest absolute Gasteiger partial charge is 0.253 e. The summed E-state index contributed by atoms with van der Waals surface area (Å²) >= 11 is 0. The summed E-state index contributed by atoms with van der Waals surface area (Å²) in [7, 11) is 0. The lowest BCUT2D eigenvalue weighted by atomic mass is 9.79. The summed E-state index contributed by atoms with van der Waals surface area (Å²) < 4.78 is 14.6. The Kier molecular flexibility index (Phi) is 6.86. The van der Waals surface area contributed by atoms with Gasteiger partial charge in [0, 0.05) is 47.6 Å². The summed E-state index contributed by atoms with van der Waals surface area (Å²) in [6, 6.07) is 6.94. The van der Waals surface area contributed by atoms with Crippen LogP contribution in [-0.4, -0.2) is 36.3 Å². The molecule has 1 aromatic carbocycles. The fourth-order valence-electron chi connectivity index (χ4n) is 7.12. The molecule has 3 heterocycles. The second kappa shape index (κ2) is 10.0. The Bertz CT molecular complexity index is 1170. The predicted molar refractivity (Wildman–Crippen MR) is 152 cm³/mol. The number of fused-ring (bicyclic) bond motifs is 2. The molecule has 2 aliphatic carbocycles. The number of nitrogens with zero attached hydrogens (tertiary/aromatic N) is 1. The fourth-order valence-corrected chi connectivity index (χ4v) is 7.12. The number of rotatable bonds is 6. The van der Waals surface area contributed by atoms with E-state index in [1.165, 1.54) is 67.3 Å². The third-order valence-corrected chi connectivity index (χ3v) is 9.74. The van der Waals surface area contributed by atoms with Crippen LogP contribution in [0.3, 0.4) is 0 Å². The van der Waals surface area contributed by atoms with Crippen molar-refractivity contribution in [1.29, 1.82) is 0 Å². The van der Waals surface area contributed by atoms with Crippen LogP contribution in [-0.2, 0) is 22.1 Å². The van der Waals surface area contributed by atoms with Crippen LogP contribution in [0.15, 0.2) is 18.2 Å². The summed E-state index contributed by atoms with van der Waals surface area (Å²) in [5, 5.41) is 3.19. The van der Waals surface area contributed by atoms with Gasteiger partial charge in [-0.25, -0.2) is 0 Å². The van der Waals surface area contributed by atoms with E-state index in [1.807, 2.05) is 0 Å². The lowest BCUT2D eigenvalue weighted by Crippen LogP contribution is -2.32. The molecule has 1 saturated heterocycles. The maximum absolute atomic E-state index is 13.5. The van der Waals surface area contributed by atoms with E-state index in [9.17, 15) is 4.79 Å². The van der Waals surface area contributed by atoms with Gasteiger partial charge in [-0.05, 0) is 87.0 Å². The van der Waals surface area contributed by atoms with Gasteiger partial charge in [0.05, 0.1) is 18.3 Å². The second-order valence-corrected chi connectivity index (χ2v) is 13.5. The van der Waals surface area contributed by atoms with Gasteiger partial charge in [0.25, 0.3) is 5.91 Å². The first-order valence-corrected chi connectivity index (χ1v) is 15.2. The predicted octanol–water partition coefficient (Wildman–Crippen LogP) is 7.06. The first-order valence-electron chi connectivity index (χ1n) is 15.2. The van der Waals surface area contributed by atoms with Crippen molar-refractivity contribution in [3.05, 3.63) is 40.6 Å². The fraction of sp³-hybridized carbons (Fsp3) is 0.667. The number of carbonyl (C=O) groups excluding carboxylic acids is 1. The molecule has 1 spiro atoms. The number of ether oxygens (including phenoxy) is 2. The molecule has 0 radical (unpaired) electrons. The quantitative estimate of drug-likeness (QED) is 0.445. The first-order chi connectivity index (χ1) is 18.2. The third-order valence-electron chi connectivity index (χ3n) is 9.74. The van der Waals surface area contributed by atoms with Crippen molar-refractivity contribution in [1.82, 2.24) is 9.88 Å².